The van der Waals surface area contributed by atoms with Gasteiger partial charge in [-0.2, -0.15) is 0 Å². The zero-order chi connectivity index (χ0) is 14.1. The molecule has 0 saturated heterocycles. The molecule has 20 heavy (non-hydrogen) atoms. The van der Waals surface area contributed by atoms with Gasteiger partial charge < -0.3 is 5.32 Å². The van der Waals surface area contributed by atoms with Gasteiger partial charge in [-0.1, -0.05) is 19.1 Å². The number of aryl methyl sites for hydroxylation is 1. The first-order chi connectivity index (χ1) is 9.70. The molecule has 3 heteroatoms. The molecular formula is C17H21FN2. The van der Waals surface area contributed by atoms with Crippen LogP contribution in [0.1, 0.15) is 43.5 Å². The smallest absolute Gasteiger partial charge is 0.149 e. The van der Waals surface area contributed by atoms with E-state index in [9.17, 15) is 4.39 Å². The van der Waals surface area contributed by atoms with Crippen LogP contribution >= 0.6 is 0 Å². The lowest BCUT2D eigenvalue weighted by Gasteiger charge is -2.16. The van der Waals surface area contributed by atoms with E-state index in [1.165, 1.54) is 17.2 Å². The lowest BCUT2D eigenvalue weighted by Crippen LogP contribution is -2.25. The Morgan fingerprint density at radius 1 is 1.35 bits per heavy atom. The Kier molecular flexibility index (Phi) is 3.70. The molecule has 1 aromatic carbocycles. The van der Waals surface area contributed by atoms with E-state index >= 15 is 0 Å². The van der Waals surface area contributed by atoms with E-state index in [2.05, 4.69) is 24.1 Å². The predicted molar refractivity (Wildman–Crippen MR) is 80.3 cm³/mol. The number of halogens is 1. The normalized spacial score (nSPS) is 15.6. The van der Waals surface area contributed by atoms with E-state index in [0.717, 1.165) is 43.3 Å². The SMILES string of the molecule is CCC(C)NCc1c2c(nc3c(F)cccc13)CCC2. The van der Waals surface area contributed by atoms with Gasteiger partial charge in [-0.3, -0.25) is 0 Å². The van der Waals surface area contributed by atoms with Crippen molar-refractivity contribution in [2.24, 2.45) is 0 Å². The van der Waals surface area contributed by atoms with Gasteiger partial charge in [-0.05, 0) is 49.8 Å². The molecule has 3 rings (SSSR count). The van der Waals surface area contributed by atoms with Crippen LogP contribution in [0.2, 0.25) is 0 Å². The molecule has 0 spiro atoms. The van der Waals surface area contributed by atoms with Crippen molar-refractivity contribution in [3.8, 4) is 0 Å². The van der Waals surface area contributed by atoms with E-state index in [4.69, 9.17) is 0 Å². The summed E-state index contributed by atoms with van der Waals surface area (Å²) in [7, 11) is 0. The Morgan fingerprint density at radius 2 is 2.20 bits per heavy atom. The average Bonchev–Trinajstić information content (AvgIpc) is 2.92. The standard InChI is InChI=1S/C17H21FN2/c1-3-11(2)19-10-14-12-6-5-9-16(12)20-17-13(14)7-4-8-15(17)18/h4,7-8,11,19H,3,5-6,9-10H2,1-2H3. The van der Waals surface area contributed by atoms with Gasteiger partial charge in [0.1, 0.15) is 11.3 Å². The molecule has 0 bridgehead atoms. The first-order valence-electron chi connectivity index (χ1n) is 7.53. The van der Waals surface area contributed by atoms with Gasteiger partial charge in [0.2, 0.25) is 0 Å². The summed E-state index contributed by atoms with van der Waals surface area (Å²) >= 11 is 0. The summed E-state index contributed by atoms with van der Waals surface area (Å²) in [5, 5.41) is 4.51. The molecule has 1 heterocycles. The molecule has 1 atom stereocenters. The van der Waals surface area contributed by atoms with Gasteiger partial charge in [0, 0.05) is 23.7 Å². The number of benzene rings is 1. The number of aromatic nitrogens is 1. The molecule has 0 fully saturated rings. The number of hydrogen-bond acceptors (Lipinski definition) is 2. The van der Waals surface area contributed by atoms with Crippen LogP contribution in [0.3, 0.4) is 0 Å². The average molecular weight is 272 g/mol. The Balaban J connectivity index is 2.10. The fraction of sp³-hybridized carbons (Fsp3) is 0.471. The second kappa shape index (κ2) is 5.49. The molecule has 0 radical (unpaired) electrons. The maximum Gasteiger partial charge on any atom is 0.149 e. The maximum atomic E-state index is 14.0. The monoisotopic (exact) mass is 272 g/mol. The Labute approximate surface area is 119 Å². The summed E-state index contributed by atoms with van der Waals surface area (Å²) < 4.78 is 14.0. The zero-order valence-electron chi connectivity index (χ0n) is 12.2. The summed E-state index contributed by atoms with van der Waals surface area (Å²) in [5.41, 5.74) is 4.24. The minimum absolute atomic E-state index is 0.206. The van der Waals surface area contributed by atoms with Crippen molar-refractivity contribution < 1.29 is 4.39 Å². The van der Waals surface area contributed by atoms with Gasteiger partial charge in [-0.15, -0.1) is 0 Å². The summed E-state index contributed by atoms with van der Waals surface area (Å²) in [6.45, 7) is 5.16. The molecule has 2 nitrogen and oxygen atoms in total. The Hall–Kier alpha value is -1.48. The molecule has 1 N–H and O–H groups in total. The summed E-state index contributed by atoms with van der Waals surface area (Å²) in [6.07, 6.45) is 4.29. The van der Waals surface area contributed by atoms with Crippen molar-refractivity contribution in [3.63, 3.8) is 0 Å². The lowest BCUT2D eigenvalue weighted by molar-refractivity contribution is 0.534. The van der Waals surface area contributed by atoms with Crippen LogP contribution in [0, 0.1) is 5.82 Å². The van der Waals surface area contributed by atoms with Crippen LogP contribution in [0.4, 0.5) is 4.39 Å². The first kappa shape index (κ1) is 13.5. The molecule has 1 aromatic heterocycles. The van der Waals surface area contributed by atoms with Crippen LogP contribution in [-0.2, 0) is 19.4 Å². The number of para-hydroxylation sites is 1. The van der Waals surface area contributed by atoms with Gasteiger partial charge in [0.15, 0.2) is 0 Å². The van der Waals surface area contributed by atoms with E-state index in [-0.39, 0.29) is 5.82 Å². The van der Waals surface area contributed by atoms with Gasteiger partial charge in [-0.25, -0.2) is 9.37 Å². The Morgan fingerprint density at radius 3 is 3.00 bits per heavy atom. The van der Waals surface area contributed by atoms with Gasteiger partial charge >= 0.3 is 0 Å². The van der Waals surface area contributed by atoms with Crippen molar-refractivity contribution in [3.05, 3.63) is 40.8 Å². The predicted octanol–water partition coefficient (Wildman–Crippen LogP) is 3.75. The molecule has 0 saturated carbocycles. The zero-order valence-corrected chi connectivity index (χ0v) is 12.2. The first-order valence-corrected chi connectivity index (χ1v) is 7.53. The molecule has 1 unspecified atom stereocenters. The number of pyridine rings is 1. The molecule has 0 aliphatic heterocycles. The molecular weight excluding hydrogens is 251 g/mol. The molecule has 2 aromatic rings. The Bertz CT molecular complexity index is 636. The van der Waals surface area contributed by atoms with Crippen LogP contribution in [0.15, 0.2) is 18.2 Å². The second-order valence-electron chi connectivity index (χ2n) is 5.70. The quantitative estimate of drug-likeness (QED) is 0.917. The summed E-state index contributed by atoms with van der Waals surface area (Å²) in [4.78, 5) is 4.56. The van der Waals surface area contributed by atoms with Crippen LogP contribution < -0.4 is 5.32 Å². The highest BCUT2D eigenvalue weighted by Gasteiger charge is 2.20. The minimum Gasteiger partial charge on any atom is -0.310 e. The van der Waals surface area contributed by atoms with E-state index in [0.29, 0.717) is 11.6 Å². The maximum absolute atomic E-state index is 14.0. The number of hydrogen-bond donors (Lipinski definition) is 1. The van der Waals surface area contributed by atoms with E-state index in [1.54, 1.807) is 6.07 Å². The number of fused-ring (bicyclic) bond motifs is 2. The summed E-state index contributed by atoms with van der Waals surface area (Å²) in [5.74, 6) is -0.206. The van der Waals surface area contributed by atoms with Crippen LogP contribution in [0.5, 0.6) is 0 Å². The van der Waals surface area contributed by atoms with Crippen molar-refractivity contribution in [2.75, 3.05) is 0 Å². The van der Waals surface area contributed by atoms with E-state index < -0.39 is 0 Å². The van der Waals surface area contributed by atoms with Gasteiger partial charge in [0.05, 0.1) is 0 Å². The van der Waals surface area contributed by atoms with Gasteiger partial charge in [0.25, 0.3) is 0 Å². The molecule has 1 aliphatic rings. The third-order valence-electron chi connectivity index (χ3n) is 4.35. The highest BCUT2D eigenvalue weighted by molar-refractivity contribution is 5.84. The van der Waals surface area contributed by atoms with Crippen molar-refractivity contribution in [1.29, 1.82) is 0 Å². The molecule has 1 aliphatic carbocycles. The molecule has 106 valence electrons. The highest BCUT2D eigenvalue weighted by atomic mass is 19.1. The number of nitrogens with one attached hydrogen (secondary N) is 1. The largest absolute Gasteiger partial charge is 0.310 e. The molecule has 0 amide bonds. The fourth-order valence-corrected chi connectivity index (χ4v) is 2.97. The van der Waals surface area contributed by atoms with Crippen molar-refractivity contribution in [1.82, 2.24) is 10.3 Å². The second-order valence-corrected chi connectivity index (χ2v) is 5.70. The third kappa shape index (κ3) is 2.31. The third-order valence-corrected chi connectivity index (χ3v) is 4.35. The van der Waals surface area contributed by atoms with Crippen molar-refractivity contribution in [2.45, 2.75) is 52.1 Å². The highest BCUT2D eigenvalue weighted by Crippen LogP contribution is 2.31. The fourth-order valence-electron chi connectivity index (χ4n) is 2.97. The van der Waals surface area contributed by atoms with Crippen LogP contribution in [0.25, 0.3) is 10.9 Å². The number of rotatable bonds is 4. The van der Waals surface area contributed by atoms with Crippen molar-refractivity contribution >= 4 is 10.9 Å². The minimum atomic E-state index is -0.206. The summed E-state index contributed by atoms with van der Waals surface area (Å²) in [6, 6.07) is 5.76. The van der Waals surface area contributed by atoms with Crippen LogP contribution in [-0.4, -0.2) is 11.0 Å². The topological polar surface area (TPSA) is 24.9 Å². The lowest BCUT2D eigenvalue weighted by atomic mass is 10.0. The number of nitrogens with zero attached hydrogens (tertiary/aromatic N) is 1. The van der Waals surface area contributed by atoms with E-state index in [1.807, 2.05) is 6.07 Å².